The van der Waals surface area contributed by atoms with Gasteiger partial charge in [-0.2, -0.15) is 0 Å². The van der Waals surface area contributed by atoms with Crippen molar-refractivity contribution in [3.63, 3.8) is 0 Å². The van der Waals surface area contributed by atoms with Crippen LogP contribution in [0.5, 0.6) is 0 Å². The van der Waals surface area contributed by atoms with E-state index < -0.39 is 0 Å². The molecule has 2 aromatic rings. The molecule has 0 saturated heterocycles. The van der Waals surface area contributed by atoms with Crippen LogP contribution in [0.2, 0.25) is 10.0 Å². The lowest BCUT2D eigenvalue weighted by Crippen LogP contribution is -2.06. The van der Waals surface area contributed by atoms with Gasteiger partial charge in [-0.15, -0.1) is 11.8 Å². The van der Waals surface area contributed by atoms with Crippen LogP contribution < -0.4 is 0 Å². The normalized spacial score (nSPS) is 10.6. The van der Waals surface area contributed by atoms with E-state index in [1.54, 1.807) is 30.0 Å². The number of hydrogen-bond donors (Lipinski definition) is 0. The first-order valence-electron chi connectivity index (χ1n) is 6.19. The number of aryl methyl sites for hydroxylation is 1. The fourth-order valence-corrected chi connectivity index (χ4v) is 2.88. The number of carbonyl (C=O) groups excluding carboxylic acids is 1. The highest BCUT2D eigenvalue weighted by molar-refractivity contribution is 8.00. The maximum absolute atomic E-state index is 12.0. The standard InChI is InChI=1S/C16H14Cl2OS/c1-11-2-5-15(6-3-11)20-10-14(19)9-12-8-13(17)4-7-16(12)18/h2-8H,9-10H2,1H3. The number of halogens is 2. The van der Waals surface area contributed by atoms with Gasteiger partial charge in [-0.05, 0) is 42.8 Å². The Hall–Kier alpha value is -0.960. The quantitative estimate of drug-likeness (QED) is 0.702. The highest BCUT2D eigenvalue weighted by Crippen LogP contribution is 2.23. The summed E-state index contributed by atoms with van der Waals surface area (Å²) in [6.07, 6.45) is 0.318. The van der Waals surface area contributed by atoms with Crippen molar-refractivity contribution in [1.82, 2.24) is 0 Å². The summed E-state index contributed by atoms with van der Waals surface area (Å²) in [7, 11) is 0. The molecule has 0 heterocycles. The molecule has 20 heavy (non-hydrogen) atoms. The topological polar surface area (TPSA) is 17.1 Å². The minimum absolute atomic E-state index is 0.139. The van der Waals surface area contributed by atoms with Crippen LogP contribution in [0.3, 0.4) is 0 Å². The maximum atomic E-state index is 12.0. The largest absolute Gasteiger partial charge is 0.298 e. The molecule has 104 valence electrons. The molecule has 4 heteroatoms. The summed E-state index contributed by atoms with van der Waals surface area (Å²) in [5.41, 5.74) is 2.00. The van der Waals surface area contributed by atoms with E-state index in [-0.39, 0.29) is 5.78 Å². The van der Waals surface area contributed by atoms with Crippen molar-refractivity contribution in [3.8, 4) is 0 Å². The summed E-state index contributed by atoms with van der Waals surface area (Å²) in [5.74, 6) is 0.575. The molecule has 1 nitrogen and oxygen atoms in total. The lowest BCUT2D eigenvalue weighted by molar-refractivity contribution is -0.116. The Morgan fingerprint density at radius 3 is 2.50 bits per heavy atom. The molecular formula is C16H14Cl2OS. The maximum Gasteiger partial charge on any atom is 0.147 e. The number of thioether (sulfide) groups is 1. The SMILES string of the molecule is Cc1ccc(SCC(=O)Cc2cc(Cl)ccc2Cl)cc1. The predicted octanol–water partition coefficient (Wildman–Crippen LogP) is 5.21. The van der Waals surface area contributed by atoms with E-state index in [1.165, 1.54) is 5.56 Å². The van der Waals surface area contributed by atoms with Gasteiger partial charge in [-0.3, -0.25) is 4.79 Å². The molecule has 2 rings (SSSR count). The van der Waals surface area contributed by atoms with Crippen molar-refractivity contribution < 1.29 is 4.79 Å². The summed E-state index contributed by atoms with van der Waals surface area (Å²) in [6, 6.07) is 13.3. The van der Waals surface area contributed by atoms with Gasteiger partial charge in [0, 0.05) is 21.4 Å². The molecule has 0 aromatic heterocycles. The van der Waals surface area contributed by atoms with Crippen LogP contribution in [0.15, 0.2) is 47.4 Å². The second-order valence-electron chi connectivity index (χ2n) is 4.55. The molecule has 0 amide bonds. The highest BCUT2D eigenvalue weighted by atomic mass is 35.5. The third kappa shape index (κ3) is 4.55. The molecule has 0 fully saturated rings. The van der Waals surface area contributed by atoms with Crippen LogP contribution in [0.4, 0.5) is 0 Å². The Kier molecular flexibility index (Phi) is 5.53. The number of benzene rings is 2. The highest BCUT2D eigenvalue weighted by Gasteiger charge is 2.08. The van der Waals surface area contributed by atoms with Gasteiger partial charge >= 0.3 is 0 Å². The Bertz CT molecular complexity index is 608. The third-order valence-electron chi connectivity index (χ3n) is 2.82. The van der Waals surface area contributed by atoms with Crippen LogP contribution >= 0.6 is 35.0 Å². The zero-order valence-electron chi connectivity index (χ0n) is 11.0. The van der Waals surface area contributed by atoms with E-state index in [0.717, 1.165) is 10.5 Å². The average molecular weight is 325 g/mol. The van der Waals surface area contributed by atoms with E-state index in [2.05, 4.69) is 0 Å². The van der Waals surface area contributed by atoms with Crippen molar-refractivity contribution in [2.24, 2.45) is 0 Å². The summed E-state index contributed by atoms with van der Waals surface area (Å²) >= 11 is 13.5. The summed E-state index contributed by atoms with van der Waals surface area (Å²) in [4.78, 5) is 13.1. The van der Waals surface area contributed by atoms with Gasteiger partial charge in [0.25, 0.3) is 0 Å². The minimum atomic E-state index is 0.139. The zero-order chi connectivity index (χ0) is 14.5. The van der Waals surface area contributed by atoms with Gasteiger partial charge in [0.2, 0.25) is 0 Å². The van der Waals surface area contributed by atoms with Crippen LogP contribution in [0.1, 0.15) is 11.1 Å². The molecular weight excluding hydrogens is 311 g/mol. The number of Topliss-reactive ketones (excluding diaryl/α,β-unsaturated/α-hetero) is 1. The lowest BCUT2D eigenvalue weighted by Gasteiger charge is -2.05. The monoisotopic (exact) mass is 324 g/mol. The van der Waals surface area contributed by atoms with Crippen molar-refractivity contribution in [2.75, 3.05) is 5.75 Å². The first-order valence-corrected chi connectivity index (χ1v) is 7.94. The molecule has 0 aliphatic rings. The summed E-state index contributed by atoms with van der Waals surface area (Å²) < 4.78 is 0. The Labute approximate surface area is 133 Å². The van der Waals surface area contributed by atoms with E-state index in [1.807, 2.05) is 31.2 Å². The molecule has 0 radical (unpaired) electrons. The van der Waals surface area contributed by atoms with Crippen LogP contribution in [0.25, 0.3) is 0 Å². The van der Waals surface area contributed by atoms with Crippen molar-refractivity contribution >= 4 is 40.7 Å². The molecule has 0 spiro atoms. The smallest absolute Gasteiger partial charge is 0.147 e. The van der Waals surface area contributed by atoms with Crippen molar-refractivity contribution in [3.05, 3.63) is 63.6 Å². The van der Waals surface area contributed by atoms with Crippen LogP contribution in [0, 0.1) is 6.92 Å². The minimum Gasteiger partial charge on any atom is -0.298 e. The van der Waals surface area contributed by atoms with Gasteiger partial charge in [0.1, 0.15) is 5.78 Å². The molecule has 0 atom stereocenters. The van der Waals surface area contributed by atoms with E-state index in [9.17, 15) is 4.79 Å². The number of rotatable bonds is 5. The van der Waals surface area contributed by atoms with Crippen molar-refractivity contribution in [2.45, 2.75) is 18.2 Å². The molecule has 0 aliphatic carbocycles. The predicted molar refractivity (Wildman–Crippen MR) is 87.1 cm³/mol. The van der Waals surface area contributed by atoms with Gasteiger partial charge in [0.15, 0.2) is 0 Å². The molecule has 0 bridgehead atoms. The molecule has 0 aliphatic heterocycles. The van der Waals surface area contributed by atoms with Gasteiger partial charge in [-0.1, -0.05) is 40.9 Å². The molecule has 0 unspecified atom stereocenters. The zero-order valence-corrected chi connectivity index (χ0v) is 13.4. The van der Waals surface area contributed by atoms with Gasteiger partial charge in [0.05, 0.1) is 5.75 Å². The fourth-order valence-electron chi connectivity index (χ4n) is 1.74. The van der Waals surface area contributed by atoms with Crippen LogP contribution in [-0.4, -0.2) is 11.5 Å². The number of carbonyl (C=O) groups is 1. The molecule has 0 N–H and O–H groups in total. The number of hydrogen-bond acceptors (Lipinski definition) is 2. The first-order chi connectivity index (χ1) is 9.54. The molecule has 0 saturated carbocycles. The lowest BCUT2D eigenvalue weighted by atomic mass is 10.1. The second-order valence-corrected chi connectivity index (χ2v) is 6.45. The first kappa shape index (κ1) is 15.4. The van der Waals surface area contributed by atoms with Gasteiger partial charge in [-0.25, -0.2) is 0 Å². The van der Waals surface area contributed by atoms with Crippen molar-refractivity contribution in [1.29, 1.82) is 0 Å². The summed E-state index contributed by atoms with van der Waals surface area (Å²) in [5, 5.41) is 1.19. The van der Waals surface area contributed by atoms with Gasteiger partial charge < -0.3 is 0 Å². The van der Waals surface area contributed by atoms with E-state index in [4.69, 9.17) is 23.2 Å². The fraction of sp³-hybridized carbons (Fsp3) is 0.188. The third-order valence-corrected chi connectivity index (χ3v) is 4.49. The Balaban J connectivity index is 1.92. The average Bonchev–Trinajstić information content (AvgIpc) is 2.42. The van der Waals surface area contributed by atoms with E-state index >= 15 is 0 Å². The molecule has 2 aromatic carbocycles. The second kappa shape index (κ2) is 7.16. The number of ketones is 1. The van der Waals surface area contributed by atoms with Crippen LogP contribution in [-0.2, 0) is 11.2 Å². The Morgan fingerprint density at radius 1 is 1.10 bits per heavy atom. The Morgan fingerprint density at radius 2 is 1.80 bits per heavy atom. The van der Waals surface area contributed by atoms with E-state index in [0.29, 0.717) is 22.2 Å². The summed E-state index contributed by atoms with van der Waals surface area (Å²) in [6.45, 7) is 2.04.